The number of carbonyl (C=O) groups excluding carboxylic acids is 4. The Kier molecular flexibility index (Phi) is 5.46. The molecule has 4 amide bonds. The van der Waals surface area contributed by atoms with Crippen molar-refractivity contribution < 1.29 is 19.2 Å². The zero-order chi connectivity index (χ0) is 21.5. The SMILES string of the molecule is CC1CCCCC1(CN)NCc1ccc2c(c1)C(=O)N(C1CCC(=O)NC1=O)C2=O. The van der Waals surface area contributed by atoms with Gasteiger partial charge in [-0.25, -0.2) is 0 Å². The summed E-state index contributed by atoms with van der Waals surface area (Å²) >= 11 is 0. The zero-order valence-corrected chi connectivity index (χ0v) is 17.2. The first-order chi connectivity index (χ1) is 14.4. The Morgan fingerprint density at radius 3 is 2.60 bits per heavy atom. The molecule has 3 atom stereocenters. The fourth-order valence-electron chi connectivity index (χ4n) is 4.96. The molecule has 3 aliphatic rings. The van der Waals surface area contributed by atoms with E-state index >= 15 is 0 Å². The van der Waals surface area contributed by atoms with Crippen LogP contribution in [0, 0.1) is 5.92 Å². The lowest BCUT2D eigenvalue weighted by Gasteiger charge is -2.43. The van der Waals surface area contributed by atoms with Gasteiger partial charge in [-0.05, 0) is 42.9 Å². The van der Waals surface area contributed by atoms with Crippen LogP contribution in [-0.2, 0) is 16.1 Å². The Bertz CT molecular complexity index is 914. The number of piperidine rings is 1. The summed E-state index contributed by atoms with van der Waals surface area (Å²) in [5.41, 5.74) is 7.50. The molecule has 2 aliphatic heterocycles. The minimum Gasteiger partial charge on any atom is -0.329 e. The minimum absolute atomic E-state index is 0.109. The first-order valence-corrected chi connectivity index (χ1v) is 10.7. The molecule has 4 N–H and O–H groups in total. The Labute approximate surface area is 175 Å². The molecule has 0 aromatic heterocycles. The largest absolute Gasteiger partial charge is 0.329 e. The van der Waals surface area contributed by atoms with Gasteiger partial charge in [-0.1, -0.05) is 25.8 Å². The number of hydrogen-bond donors (Lipinski definition) is 3. The Morgan fingerprint density at radius 2 is 1.90 bits per heavy atom. The first-order valence-electron chi connectivity index (χ1n) is 10.7. The highest BCUT2D eigenvalue weighted by Gasteiger charge is 2.44. The monoisotopic (exact) mass is 412 g/mol. The maximum absolute atomic E-state index is 13.0. The van der Waals surface area contributed by atoms with Crippen molar-refractivity contribution in [2.24, 2.45) is 11.7 Å². The summed E-state index contributed by atoms with van der Waals surface area (Å²) in [4.78, 5) is 50.3. The maximum Gasteiger partial charge on any atom is 0.262 e. The Hall–Kier alpha value is -2.58. The maximum atomic E-state index is 13.0. The molecule has 1 aromatic carbocycles. The standard InChI is InChI=1S/C22H28N4O4/c1-13-4-2-3-9-22(13,12-23)24-11-14-5-6-15-16(10-14)21(30)26(20(15)29)17-7-8-18(27)25-19(17)28/h5-6,10,13,17,24H,2-4,7-9,11-12,23H2,1H3,(H,25,27,28). The van der Waals surface area contributed by atoms with E-state index in [-0.39, 0.29) is 24.3 Å². The molecule has 1 aliphatic carbocycles. The molecule has 1 saturated heterocycles. The second-order valence-electron chi connectivity index (χ2n) is 8.69. The van der Waals surface area contributed by atoms with Gasteiger partial charge in [0.1, 0.15) is 6.04 Å². The fourth-order valence-corrected chi connectivity index (χ4v) is 4.96. The van der Waals surface area contributed by atoms with E-state index in [1.807, 2.05) is 6.07 Å². The smallest absolute Gasteiger partial charge is 0.262 e. The van der Waals surface area contributed by atoms with E-state index in [1.54, 1.807) is 12.1 Å². The molecule has 2 heterocycles. The summed E-state index contributed by atoms with van der Waals surface area (Å²) in [5.74, 6) is -1.48. The van der Waals surface area contributed by atoms with Crippen LogP contribution in [0.2, 0.25) is 0 Å². The molecule has 1 saturated carbocycles. The molecular formula is C22H28N4O4. The molecule has 8 heteroatoms. The van der Waals surface area contributed by atoms with Crippen LogP contribution in [0.3, 0.4) is 0 Å². The van der Waals surface area contributed by atoms with Gasteiger partial charge in [0, 0.05) is 25.0 Å². The average molecular weight is 412 g/mol. The van der Waals surface area contributed by atoms with Crippen molar-refractivity contribution in [3.63, 3.8) is 0 Å². The molecule has 160 valence electrons. The summed E-state index contributed by atoms with van der Waals surface area (Å²) in [7, 11) is 0. The van der Waals surface area contributed by atoms with Gasteiger partial charge >= 0.3 is 0 Å². The van der Waals surface area contributed by atoms with Crippen LogP contribution in [0.1, 0.15) is 71.7 Å². The molecule has 0 spiro atoms. The highest BCUT2D eigenvalue weighted by atomic mass is 16.2. The lowest BCUT2D eigenvalue weighted by atomic mass is 9.73. The molecule has 3 unspecified atom stereocenters. The number of imide groups is 2. The topological polar surface area (TPSA) is 122 Å². The van der Waals surface area contributed by atoms with Gasteiger partial charge in [0.05, 0.1) is 11.1 Å². The third kappa shape index (κ3) is 3.44. The number of hydrogen-bond acceptors (Lipinski definition) is 6. The molecule has 0 radical (unpaired) electrons. The third-order valence-corrected chi connectivity index (χ3v) is 6.97. The van der Waals surface area contributed by atoms with E-state index in [4.69, 9.17) is 5.73 Å². The van der Waals surface area contributed by atoms with Crippen molar-refractivity contribution in [2.75, 3.05) is 6.54 Å². The predicted octanol–water partition coefficient (Wildman–Crippen LogP) is 1.09. The van der Waals surface area contributed by atoms with Crippen molar-refractivity contribution in [1.82, 2.24) is 15.5 Å². The second kappa shape index (κ2) is 7.92. The van der Waals surface area contributed by atoms with E-state index in [1.165, 1.54) is 6.42 Å². The number of benzene rings is 1. The van der Waals surface area contributed by atoms with E-state index < -0.39 is 23.8 Å². The number of nitrogens with zero attached hydrogens (tertiary/aromatic N) is 1. The highest BCUT2D eigenvalue weighted by molar-refractivity contribution is 6.23. The number of fused-ring (bicyclic) bond motifs is 1. The van der Waals surface area contributed by atoms with Gasteiger partial charge in [0.25, 0.3) is 11.8 Å². The van der Waals surface area contributed by atoms with E-state index in [9.17, 15) is 19.2 Å². The van der Waals surface area contributed by atoms with Crippen LogP contribution < -0.4 is 16.4 Å². The normalized spacial score (nSPS) is 29.2. The van der Waals surface area contributed by atoms with E-state index in [0.717, 1.165) is 29.7 Å². The summed E-state index contributed by atoms with van der Waals surface area (Å²) < 4.78 is 0. The number of nitrogens with two attached hydrogens (primary N) is 1. The van der Waals surface area contributed by atoms with Crippen molar-refractivity contribution in [3.8, 4) is 0 Å². The van der Waals surface area contributed by atoms with Gasteiger partial charge in [-0.3, -0.25) is 29.4 Å². The van der Waals surface area contributed by atoms with Crippen molar-refractivity contribution in [1.29, 1.82) is 0 Å². The van der Waals surface area contributed by atoms with Crippen LogP contribution in [-0.4, -0.2) is 46.7 Å². The molecule has 8 nitrogen and oxygen atoms in total. The summed E-state index contributed by atoms with van der Waals surface area (Å²) in [6, 6.07) is 4.27. The molecular weight excluding hydrogens is 384 g/mol. The van der Waals surface area contributed by atoms with E-state index in [2.05, 4.69) is 17.6 Å². The summed E-state index contributed by atoms with van der Waals surface area (Å²) in [6.45, 7) is 3.33. The fraction of sp³-hybridized carbons (Fsp3) is 0.545. The van der Waals surface area contributed by atoms with E-state index in [0.29, 0.717) is 30.1 Å². The quantitative estimate of drug-likeness (QED) is 0.623. The summed E-state index contributed by atoms with van der Waals surface area (Å²) in [5, 5.41) is 5.83. The van der Waals surface area contributed by atoms with Crippen LogP contribution >= 0.6 is 0 Å². The number of nitrogens with one attached hydrogen (secondary N) is 2. The third-order valence-electron chi connectivity index (χ3n) is 6.97. The van der Waals surface area contributed by atoms with Crippen LogP contribution in [0.15, 0.2) is 18.2 Å². The van der Waals surface area contributed by atoms with Crippen LogP contribution in [0.5, 0.6) is 0 Å². The van der Waals surface area contributed by atoms with Gasteiger partial charge in [-0.15, -0.1) is 0 Å². The Morgan fingerprint density at radius 1 is 1.13 bits per heavy atom. The molecule has 2 fully saturated rings. The van der Waals surface area contributed by atoms with Crippen LogP contribution in [0.25, 0.3) is 0 Å². The molecule has 0 bridgehead atoms. The van der Waals surface area contributed by atoms with Gasteiger partial charge < -0.3 is 11.1 Å². The lowest BCUT2D eigenvalue weighted by Crippen LogP contribution is -2.56. The van der Waals surface area contributed by atoms with Gasteiger partial charge in [-0.2, -0.15) is 0 Å². The number of amides is 4. The Balaban J connectivity index is 1.52. The molecule has 1 aromatic rings. The van der Waals surface area contributed by atoms with Crippen molar-refractivity contribution in [2.45, 2.75) is 63.6 Å². The second-order valence-corrected chi connectivity index (χ2v) is 8.69. The zero-order valence-electron chi connectivity index (χ0n) is 17.2. The van der Waals surface area contributed by atoms with Gasteiger partial charge in [0.15, 0.2) is 0 Å². The minimum atomic E-state index is -0.944. The van der Waals surface area contributed by atoms with Crippen LogP contribution in [0.4, 0.5) is 0 Å². The lowest BCUT2D eigenvalue weighted by molar-refractivity contribution is -0.136. The first kappa shape index (κ1) is 20.7. The van der Waals surface area contributed by atoms with Crippen molar-refractivity contribution >= 4 is 23.6 Å². The predicted molar refractivity (Wildman–Crippen MR) is 109 cm³/mol. The van der Waals surface area contributed by atoms with Gasteiger partial charge in [0.2, 0.25) is 11.8 Å². The molecule has 4 rings (SSSR count). The number of carbonyl (C=O) groups is 4. The highest BCUT2D eigenvalue weighted by Crippen LogP contribution is 2.34. The number of rotatable bonds is 5. The average Bonchev–Trinajstić information content (AvgIpc) is 2.98. The summed E-state index contributed by atoms with van der Waals surface area (Å²) in [6.07, 6.45) is 4.79. The van der Waals surface area contributed by atoms with Crippen molar-refractivity contribution in [3.05, 3.63) is 34.9 Å². The molecule has 30 heavy (non-hydrogen) atoms.